The molecule has 8 heteroatoms. The summed E-state index contributed by atoms with van der Waals surface area (Å²) in [5, 5.41) is 14.9. The lowest BCUT2D eigenvalue weighted by Gasteiger charge is -2.20. The van der Waals surface area contributed by atoms with Crippen molar-refractivity contribution in [3.05, 3.63) is 59.7 Å². The van der Waals surface area contributed by atoms with Crippen molar-refractivity contribution >= 4 is 18.0 Å². The Morgan fingerprint density at radius 3 is 2.29 bits per heavy atom. The van der Waals surface area contributed by atoms with Gasteiger partial charge in [0, 0.05) is 31.4 Å². The molecule has 2 aromatic rings. The highest BCUT2D eigenvalue weighted by Crippen LogP contribution is 2.44. The number of alkyl carbamates (subject to hydrolysis) is 1. The van der Waals surface area contributed by atoms with E-state index in [-0.39, 0.29) is 37.3 Å². The fourth-order valence-electron chi connectivity index (χ4n) is 5.08. The highest BCUT2D eigenvalue weighted by Gasteiger charge is 2.46. The van der Waals surface area contributed by atoms with Crippen LogP contribution in [-0.2, 0) is 19.1 Å². The van der Waals surface area contributed by atoms with Crippen molar-refractivity contribution in [2.75, 3.05) is 19.8 Å². The minimum absolute atomic E-state index is 0.0209. The molecule has 2 aromatic carbocycles. The Labute approximate surface area is 197 Å². The van der Waals surface area contributed by atoms with Crippen LogP contribution in [0.5, 0.6) is 0 Å². The van der Waals surface area contributed by atoms with E-state index in [0.717, 1.165) is 11.1 Å². The third kappa shape index (κ3) is 4.50. The van der Waals surface area contributed by atoms with Gasteiger partial charge in [0.2, 0.25) is 5.91 Å². The van der Waals surface area contributed by atoms with E-state index >= 15 is 0 Å². The SMILES string of the molecule is O=C(CC1(NC(=O)OCC2c3ccccc3-c3ccccc32)CC1)NCC1CCOC1C(=O)O. The molecule has 2 amide bonds. The number of hydrogen-bond donors (Lipinski definition) is 3. The average molecular weight is 465 g/mol. The van der Waals surface area contributed by atoms with E-state index in [1.165, 1.54) is 11.1 Å². The first-order valence-corrected chi connectivity index (χ1v) is 11.7. The normalized spacial score (nSPS) is 21.9. The molecule has 1 heterocycles. The van der Waals surface area contributed by atoms with Crippen molar-refractivity contribution < 1.29 is 29.0 Å². The summed E-state index contributed by atoms with van der Waals surface area (Å²) in [7, 11) is 0. The van der Waals surface area contributed by atoms with Gasteiger partial charge in [0.25, 0.3) is 0 Å². The van der Waals surface area contributed by atoms with E-state index < -0.39 is 23.7 Å². The first-order chi connectivity index (χ1) is 16.5. The van der Waals surface area contributed by atoms with Crippen LogP contribution in [0.3, 0.4) is 0 Å². The third-order valence-electron chi connectivity index (χ3n) is 7.08. The summed E-state index contributed by atoms with van der Waals surface area (Å²) in [5.41, 5.74) is 4.03. The molecule has 0 aromatic heterocycles. The molecule has 3 aliphatic rings. The molecule has 8 nitrogen and oxygen atoms in total. The molecule has 0 spiro atoms. The minimum Gasteiger partial charge on any atom is -0.479 e. The van der Waals surface area contributed by atoms with Crippen LogP contribution < -0.4 is 10.6 Å². The maximum Gasteiger partial charge on any atom is 0.407 e. The predicted octanol–water partition coefficient (Wildman–Crippen LogP) is 3.05. The number of benzene rings is 2. The zero-order valence-electron chi connectivity index (χ0n) is 18.8. The summed E-state index contributed by atoms with van der Waals surface area (Å²) < 4.78 is 10.8. The number of ether oxygens (including phenoxy) is 2. The number of carbonyl (C=O) groups excluding carboxylic acids is 2. The zero-order chi connectivity index (χ0) is 23.7. The van der Waals surface area contributed by atoms with Gasteiger partial charge in [0.05, 0.1) is 5.54 Å². The predicted molar refractivity (Wildman–Crippen MR) is 123 cm³/mol. The van der Waals surface area contributed by atoms with Crippen molar-refractivity contribution in [1.29, 1.82) is 0 Å². The quantitative estimate of drug-likeness (QED) is 0.553. The molecule has 5 rings (SSSR count). The largest absolute Gasteiger partial charge is 0.479 e. The first kappa shape index (κ1) is 22.4. The van der Waals surface area contributed by atoms with Gasteiger partial charge in [-0.05, 0) is 41.5 Å². The molecule has 1 saturated heterocycles. The van der Waals surface area contributed by atoms with E-state index in [2.05, 4.69) is 34.9 Å². The van der Waals surface area contributed by atoms with Gasteiger partial charge in [0.1, 0.15) is 6.61 Å². The van der Waals surface area contributed by atoms with Crippen molar-refractivity contribution in [3.8, 4) is 11.1 Å². The molecule has 2 unspecified atom stereocenters. The molecule has 2 fully saturated rings. The number of nitrogens with one attached hydrogen (secondary N) is 2. The van der Waals surface area contributed by atoms with Gasteiger partial charge in [-0.2, -0.15) is 0 Å². The van der Waals surface area contributed by atoms with Gasteiger partial charge < -0.3 is 25.2 Å². The van der Waals surface area contributed by atoms with Crippen LogP contribution in [0.15, 0.2) is 48.5 Å². The molecule has 2 atom stereocenters. The second kappa shape index (κ2) is 9.10. The fraction of sp³-hybridized carbons (Fsp3) is 0.423. The second-order valence-electron chi connectivity index (χ2n) is 9.39. The topological polar surface area (TPSA) is 114 Å². The number of aliphatic carboxylic acids is 1. The summed E-state index contributed by atoms with van der Waals surface area (Å²) in [6.07, 6.45) is 0.739. The Balaban J connectivity index is 1.13. The molecule has 1 aliphatic heterocycles. The number of carbonyl (C=O) groups is 3. The van der Waals surface area contributed by atoms with Gasteiger partial charge in [-0.15, -0.1) is 0 Å². The summed E-state index contributed by atoms with van der Waals surface area (Å²) in [6, 6.07) is 16.3. The van der Waals surface area contributed by atoms with E-state index in [0.29, 0.717) is 25.9 Å². The lowest BCUT2D eigenvalue weighted by atomic mass is 9.98. The number of carboxylic acids is 1. The number of hydrogen-bond acceptors (Lipinski definition) is 5. The summed E-state index contributed by atoms with van der Waals surface area (Å²) in [5.74, 6) is -1.49. The number of fused-ring (bicyclic) bond motifs is 3. The van der Waals surface area contributed by atoms with Crippen LogP contribution in [0.1, 0.15) is 42.7 Å². The number of rotatable bonds is 8. The summed E-state index contributed by atoms with van der Waals surface area (Å²) in [6.45, 7) is 0.849. The maximum atomic E-state index is 12.6. The zero-order valence-corrected chi connectivity index (χ0v) is 18.8. The van der Waals surface area contributed by atoms with Gasteiger partial charge >= 0.3 is 12.1 Å². The first-order valence-electron chi connectivity index (χ1n) is 11.7. The molecular weight excluding hydrogens is 436 g/mol. The molecule has 1 saturated carbocycles. The monoisotopic (exact) mass is 464 g/mol. The van der Waals surface area contributed by atoms with Gasteiger partial charge in [0.15, 0.2) is 6.10 Å². The Morgan fingerprint density at radius 1 is 1.03 bits per heavy atom. The highest BCUT2D eigenvalue weighted by atomic mass is 16.5. The summed E-state index contributed by atoms with van der Waals surface area (Å²) >= 11 is 0. The average Bonchev–Trinajstić information content (AvgIpc) is 3.28. The number of carboxylic acid groups (broad SMARTS) is 1. The standard InChI is InChI=1S/C26H28N2O6/c29-22(27-14-16-9-12-33-23(16)24(30)31)13-26(10-11-26)28-25(32)34-15-21-19-7-3-1-5-17(19)18-6-2-4-8-20(18)21/h1-8,16,21,23H,9-15H2,(H,27,29)(H,28,32)(H,30,31). The molecular formula is C26H28N2O6. The molecule has 34 heavy (non-hydrogen) atoms. The lowest BCUT2D eigenvalue weighted by molar-refractivity contribution is -0.149. The van der Waals surface area contributed by atoms with Gasteiger partial charge in [-0.3, -0.25) is 4.79 Å². The minimum atomic E-state index is -1.01. The lowest BCUT2D eigenvalue weighted by Crippen LogP contribution is -2.43. The Morgan fingerprint density at radius 2 is 1.68 bits per heavy atom. The van der Waals surface area contributed by atoms with E-state index in [1.54, 1.807) is 0 Å². The van der Waals surface area contributed by atoms with E-state index in [9.17, 15) is 19.5 Å². The fourth-order valence-corrected chi connectivity index (χ4v) is 5.08. The molecule has 0 bridgehead atoms. The highest BCUT2D eigenvalue weighted by molar-refractivity contribution is 5.81. The summed E-state index contributed by atoms with van der Waals surface area (Å²) in [4.78, 5) is 36.3. The van der Waals surface area contributed by atoms with Crippen molar-refractivity contribution in [2.45, 2.75) is 43.2 Å². The molecule has 2 aliphatic carbocycles. The van der Waals surface area contributed by atoms with Crippen molar-refractivity contribution in [3.63, 3.8) is 0 Å². The van der Waals surface area contributed by atoms with Crippen molar-refractivity contribution in [2.24, 2.45) is 5.92 Å². The van der Waals surface area contributed by atoms with E-state index in [1.807, 2.05) is 24.3 Å². The van der Waals surface area contributed by atoms with Gasteiger partial charge in [-0.25, -0.2) is 9.59 Å². The third-order valence-corrected chi connectivity index (χ3v) is 7.08. The smallest absolute Gasteiger partial charge is 0.407 e. The Hall–Kier alpha value is -3.39. The molecule has 0 radical (unpaired) electrons. The van der Waals surface area contributed by atoms with Crippen LogP contribution in [0.25, 0.3) is 11.1 Å². The Bertz CT molecular complexity index is 1070. The molecule has 178 valence electrons. The second-order valence-corrected chi connectivity index (χ2v) is 9.39. The Kier molecular flexibility index (Phi) is 6.00. The van der Waals surface area contributed by atoms with Crippen LogP contribution in [0.2, 0.25) is 0 Å². The van der Waals surface area contributed by atoms with Crippen LogP contribution in [-0.4, -0.2) is 54.5 Å². The number of amides is 2. The van der Waals surface area contributed by atoms with E-state index in [4.69, 9.17) is 9.47 Å². The maximum absolute atomic E-state index is 12.6. The van der Waals surface area contributed by atoms with Crippen LogP contribution in [0, 0.1) is 5.92 Å². The van der Waals surface area contributed by atoms with Crippen LogP contribution in [0.4, 0.5) is 4.79 Å². The van der Waals surface area contributed by atoms with Crippen LogP contribution >= 0.6 is 0 Å². The molecule has 3 N–H and O–H groups in total. The van der Waals surface area contributed by atoms with Gasteiger partial charge in [-0.1, -0.05) is 48.5 Å². The van der Waals surface area contributed by atoms with Crippen molar-refractivity contribution in [1.82, 2.24) is 10.6 Å².